The minimum Gasteiger partial charge on any atom is -0.350 e. The Kier molecular flexibility index (Phi) is 3.96. The first-order valence-electron chi connectivity index (χ1n) is 8.27. The van der Waals surface area contributed by atoms with Gasteiger partial charge in [-0.05, 0) is 48.2 Å². The Morgan fingerprint density at radius 1 is 1.15 bits per heavy atom. The van der Waals surface area contributed by atoms with E-state index >= 15 is 0 Å². The predicted molar refractivity (Wildman–Crippen MR) is 99.0 cm³/mol. The van der Waals surface area contributed by atoms with Gasteiger partial charge in [-0.2, -0.15) is 0 Å². The molecule has 0 radical (unpaired) electrons. The highest BCUT2D eigenvalue weighted by atomic mass is 16.2. The molecule has 0 aliphatic carbocycles. The van der Waals surface area contributed by atoms with Crippen LogP contribution in [0.15, 0.2) is 55.0 Å². The van der Waals surface area contributed by atoms with Crippen molar-refractivity contribution in [2.75, 3.05) is 5.32 Å². The third kappa shape index (κ3) is 2.95. The number of carbonyl (C=O) groups is 1. The largest absolute Gasteiger partial charge is 0.350 e. The number of pyridine rings is 1. The number of nitrogens with one attached hydrogen (secondary N) is 1. The van der Waals surface area contributed by atoms with Gasteiger partial charge < -0.3 is 9.88 Å². The van der Waals surface area contributed by atoms with Gasteiger partial charge in [-0.15, -0.1) is 5.10 Å². The van der Waals surface area contributed by atoms with Crippen LogP contribution in [0.3, 0.4) is 0 Å². The van der Waals surface area contributed by atoms with Gasteiger partial charge in [0.1, 0.15) is 0 Å². The van der Waals surface area contributed by atoms with Gasteiger partial charge in [-0.25, -0.2) is 4.68 Å². The first-order valence-corrected chi connectivity index (χ1v) is 8.27. The maximum atomic E-state index is 12.6. The Morgan fingerprint density at radius 3 is 2.77 bits per heavy atom. The number of amides is 1. The molecule has 7 heteroatoms. The average Bonchev–Trinajstić information content (AvgIpc) is 3.19. The van der Waals surface area contributed by atoms with Crippen molar-refractivity contribution in [3.8, 4) is 0 Å². The fourth-order valence-electron chi connectivity index (χ4n) is 2.91. The van der Waals surface area contributed by atoms with Crippen molar-refractivity contribution in [3.05, 3.63) is 71.9 Å². The molecule has 0 aliphatic heterocycles. The van der Waals surface area contributed by atoms with Crippen LogP contribution in [-0.2, 0) is 13.6 Å². The van der Waals surface area contributed by atoms with Crippen LogP contribution in [0.5, 0.6) is 0 Å². The number of anilines is 1. The zero-order valence-electron chi connectivity index (χ0n) is 14.5. The Bertz CT molecular complexity index is 1080. The van der Waals surface area contributed by atoms with Gasteiger partial charge in [0.05, 0.1) is 12.2 Å². The third-order valence-corrected chi connectivity index (χ3v) is 4.43. The number of nitrogens with zero attached hydrogens (tertiary/aromatic N) is 5. The van der Waals surface area contributed by atoms with Crippen molar-refractivity contribution in [1.29, 1.82) is 0 Å². The summed E-state index contributed by atoms with van der Waals surface area (Å²) >= 11 is 0. The van der Waals surface area contributed by atoms with E-state index in [0.717, 1.165) is 27.8 Å². The predicted octanol–water partition coefficient (Wildman–Crippen LogP) is 2.77. The van der Waals surface area contributed by atoms with Crippen molar-refractivity contribution in [2.24, 2.45) is 7.05 Å². The van der Waals surface area contributed by atoms with Gasteiger partial charge in [-0.3, -0.25) is 9.78 Å². The monoisotopic (exact) mass is 346 g/mol. The van der Waals surface area contributed by atoms with Gasteiger partial charge in [0.15, 0.2) is 5.69 Å². The lowest BCUT2D eigenvalue weighted by Gasteiger charge is -2.06. The quantitative estimate of drug-likeness (QED) is 0.616. The van der Waals surface area contributed by atoms with Crippen LogP contribution in [0, 0.1) is 6.92 Å². The number of aromatic nitrogens is 5. The van der Waals surface area contributed by atoms with E-state index in [0.29, 0.717) is 12.2 Å². The smallest absolute Gasteiger partial charge is 0.278 e. The number of hydrogen-bond donors (Lipinski definition) is 1. The van der Waals surface area contributed by atoms with Crippen molar-refractivity contribution in [1.82, 2.24) is 24.5 Å². The minimum absolute atomic E-state index is 0.267. The zero-order valence-corrected chi connectivity index (χ0v) is 14.5. The van der Waals surface area contributed by atoms with E-state index in [1.807, 2.05) is 61.1 Å². The third-order valence-electron chi connectivity index (χ3n) is 4.43. The highest BCUT2D eigenvalue weighted by Gasteiger charge is 2.17. The van der Waals surface area contributed by atoms with Crippen molar-refractivity contribution in [2.45, 2.75) is 13.5 Å². The van der Waals surface area contributed by atoms with Crippen LogP contribution >= 0.6 is 0 Å². The Labute approximate surface area is 150 Å². The molecule has 4 rings (SSSR count). The van der Waals surface area contributed by atoms with E-state index in [1.54, 1.807) is 17.1 Å². The molecule has 26 heavy (non-hydrogen) atoms. The Hall–Kier alpha value is -3.48. The molecular weight excluding hydrogens is 328 g/mol. The summed E-state index contributed by atoms with van der Waals surface area (Å²) in [7, 11) is 1.97. The maximum Gasteiger partial charge on any atom is 0.278 e. The molecule has 1 amide bonds. The van der Waals surface area contributed by atoms with Gasteiger partial charge in [-0.1, -0.05) is 11.3 Å². The fourth-order valence-corrected chi connectivity index (χ4v) is 2.91. The lowest BCUT2D eigenvalue weighted by Crippen LogP contribution is -2.14. The minimum atomic E-state index is -0.267. The molecule has 3 aromatic heterocycles. The van der Waals surface area contributed by atoms with E-state index in [2.05, 4.69) is 20.6 Å². The summed E-state index contributed by atoms with van der Waals surface area (Å²) in [5.41, 5.74) is 3.88. The summed E-state index contributed by atoms with van der Waals surface area (Å²) in [5, 5.41) is 12.2. The van der Waals surface area contributed by atoms with Crippen LogP contribution in [0.25, 0.3) is 10.9 Å². The molecule has 0 saturated heterocycles. The molecular formula is C19H18N6O. The summed E-state index contributed by atoms with van der Waals surface area (Å²) < 4.78 is 3.73. The standard InChI is InChI=1S/C19H18N6O/c1-13-18(22-23-25(13)12-14-5-8-20-9-6-14)19(26)21-16-4-3-15-7-10-24(2)17(15)11-16/h3-11H,12H2,1-2H3,(H,21,26). The van der Waals surface area contributed by atoms with Crippen LogP contribution in [0.1, 0.15) is 21.7 Å². The number of benzene rings is 1. The van der Waals surface area contributed by atoms with Crippen LogP contribution in [0.4, 0.5) is 5.69 Å². The molecule has 0 atom stereocenters. The summed E-state index contributed by atoms with van der Waals surface area (Å²) in [6.07, 6.45) is 5.45. The second kappa shape index (κ2) is 6.44. The summed E-state index contributed by atoms with van der Waals surface area (Å²) in [5.74, 6) is -0.267. The topological polar surface area (TPSA) is 77.6 Å². The van der Waals surface area contributed by atoms with E-state index in [-0.39, 0.29) is 5.91 Å². The lowest BCUT2D eigenvalue weighted by molar-refractivity contribution is 0.102. The van der Waals surface area contributed by atoms with Crippen LogP contribution in [0.2, 0.25) is 0 Å². The first kappa shape index (κ1) is 16.0. The second-order valence-corrected chi connectivity index (χ2v) is 6.19. The van der Waals surface area contributed by atoms with Crippen molar-refractivity contribution in [3.63, 3.8) is 0 Å². The molecule has 0 aliphatic rings. The molecule has 3 heterocycles. The summed E-state index contributed by atoms with van der Waals surface area (Å²) in [4.78, 5) is 16.6. The summed E-state index contributed by atoms with van der Waals surface area (Å²) in [6, 6.07) is 11.7. The molecule has 0 fully saturated rings. The van der Waals surface area contributed by atoms with Crippen molar-refractivity contribution < 1.29 is 4.79 Å². The number of fused-ring (bicyclic) bond motifs is 1. The normalized spacial score (nSPS) is 11.0. The molecule has 1 aromatic carbocycles. The molecule has 0 spiro atoms. The van der Waals surface area contributed by atoms with Crippen LogP contribution in [-0.4, -0.2) is 30.5 Å². The van der Waals surface area contributed by atoms with Gasteiger partial charge in [0, 0.05) is 36.8 Å². The van der Waals surface area contributed by atoms with Gasteiger partial charge in [0.25, 0.3) is 5.91 Å². The molecule has 0 saturated carbocycles. The fraction of sp³-hybridized carbons (Fsp3) is 0.158. The number of rotatable bonds is 4. The molecule has 0 bridgehead atoms. The van der Waals surface area contributed by atoms with E-state index in [4.69, 9.17) is 0 Å². The van der Waals surface area contributed by atoms with Gasteiger partial charge in [0.2, 0.25) is 0 Å². The number of hydrogen-bond acceptors (Lipinski definition) is 4. The molecule has 7 nitrogen and oxygen atoms in total. The van der Waals surface area contributed by atoms with Gasteiger partial charge >= 0.3 is 0 Å². The number of aryl methyl sites for hydroxylation is 1. The van der Waals surface area contributed by atoms with E-state index < -0.39 is 0 Å². The average molecular weight is 346 g/mol. The number of carbonyl (C=O) groups excluding carboxylic acids is 1. The molecule has 130 valence electrons. The SMILES string of the molecule is Cc1c(C(=O)Nc2ccc3ccn(C)c3c2)nnn1Cc1ccncc1. The Balaban J connectivity index is 1.55. The zero-order chi connectivity index (χ0) is 18.1. The Morgan fingerprint density at radius 2 is 1.96 bits per heavy atom. The van der Waals surface area contributed by atoms with E-state index in [1.165, 1.54) is 0 Å². The van der Waals surface area contributed by atoms with Crippen molar-refractivity contribution >= 4 is 22.5 Å². The molecule has 0 unspecified atom stereocenters. The van der Waals surface area contributed by atoms with Crippen LogP contribution < -0.4 is 5.32 Å². The molecule has 1 N–H and O–H groups in total. The lowest BCUT2D eigenvalue weighted by atomic mass is 10.2. The molecule has 4 aromatic rings. The first-order chi connectivity index (χ1) is 12.6. The van der Waals surface area contributed by atoms with E-state index in [9.17, 15) is 4.79 Å². The maximum absolute atomic E-state index is 12.6. The highest BCUT2D eigenvalue weighted by molar-refractivity contribution is 6.04. The second-order valence-electron chi connectivity index (χ2n) is 6.19. The summed E-state index contributed by atoms with van der Waals surface area (Å²) in [6.45, 7) is 2.39. The highest BCUT2D eigenvalue weighted by Crippen LogP contribution is 2.20.